The van der Waals surface area contributed by atoms with Gasteiger partial charge in [-0.1, -0.05) is 31.4 Å². The smallest absolute Gasteiger partial charge is 0.225 e. The molecule has 0 unspecified atom stereocenters. The lowest BCUT2D eigenvalue weighted by atomic mass is 9.88. The molecule has 1 aliphatic heterocycles. The number of nitrogens with zero attached hydrogens (tertiary/aromatic N) is 3. The van der Waals surface area contributed by atoms with Gasteiger partial charge in [0.25, 0.3) is 0 Å². The number of hydrogen-bond acceptors (Lipinski definition) is 3. The highest BCUT2D eigenvalue weighted by Gasteiger charge is 2.28. The molecule has 0 spiro atoms. The third-order valence-corrected chi connectivity index (χ3v) is 4.91. The standard InChI is InChI=1S/C18H23N3O/c19-14-16-8-4-5-9-17(16)20-10-12-21(13-11-20)18(22)15-6-2-1-3-7-15/h4-5,8-9,15H,1-3,6-7,10-13H2. The molecular formula is C18H23N3O. The number of rotatable bonds is 2. The number of nitriles is 1. The molecule has 1 aromatic rings. The van der Waals surface area contributed by atoms with Crippen molar-refractivity contribution < 1.29 is 4.79 Å². The number of anilines is 1. The second-order valence-corrected chi connectivity index (χ2v) is 6.28. The van der Waals surface area contributed by atoms with E-state index in [4.69, 9.17) is 0 Å². The molecule has 4 heteroatoms. The first-order valence-electron chi connectivity index (χ1n) is 8.32. The Bertz CT molecular complexity index is 564. The fourth-order valence-electron chi connectivity index (χ4n) is 3.62. The van der Waals surface area contributed by atoms with Gasteiger partial charge in [-0.2, -0.15) is 5.26 Å². The Hall–Kier alpha value is -2.02. The fourth-order valence-corrected chi connectivity index (χ4v) is 3.62. The summed E-state index contributed by atoms with van der Waals surface area (Å²) in [5.41, 5.74) is 1.71. The SMILES string of the molecule is N#Cc1ccccc1N1CCN(C(=O)C2CCCCC2)CC1. The zero-order chi connectivity index (χ0) is 15.4. The van der Waals surface area contributed by atoms with Crippen LogP contribution in [-0.2, 0) is 4.79 Å². The molecule has 116 valence electrons. The Labute approximate surface area is 132 Å². The number of carbonyl (C=O) groups is 1. The molecule has 1 saturated carbocycles. The molecule has 1 aliphatic carbocycles. The summed E-state index contributed by atoms with van der Waals surface area (Å²) in [5.74, 6) is 0.611. The van der Waals surface area contributed by atoms with E-state index in [2.05, 4.69) is 11.0 Å². The van der Waals surface area contributed by atoms with E-state index in [1.165, 1.54) is 19.3 Å². The first-order chi connectivity index (χ1) is 10.8. The average molecular weight is 297 g/mol. The normalized spacial score (nSPS) is 19.8. The summed E-state index contributed by atoms with van der Waals surface area (Å²) >= 11 is 0. The van der Waals surface area contributed by atoms with E-state index in [1.807, 2.05) is 29.2 Å². The summed E-state index contributed by atoms with van der Waals surface area (Å²) in [7, 11) is 0. The van der Waals surface area contributed by atoms with Gasteiger partial charge < -0.3 is 9.80 Å². The molecule has 0 aromatic heterocycles. The Kier molecular flexibility index (Phi) is 4.62. The highest BCUT2D eigenvalue weighted by molar-refractivity contribution is 5.79. The molecule has 1 amide bonds. The van der Waals surface area contributed by atoms with Gasteiger partial charge in [0.1, 0.15) is 6.07 Å². The van der Waals surface area contributed by atoms with E-state index in [0.717, 1.165) is 50.3 Å². The molecule has 1 saturated heterocycles. The van der Waals surface area contributed by atoms with Gasteiger partial charge in [0.2, 0.25) is 5.91 Å². The lowest BCUT2D eigenvalue weighted by Crippen LogP contribution is -2.50. The second-order valence-electron chi connectivity index (χ2n) is 6.28. The van der Waals surface area contributed by atoms with Crippen molar-refractivity contribution in [1.29, 1.82) is 5.26 Å². The summed E-state index contributed by atoms with van der Waals surface area (Å²) in [6.07, 6.45) is 5.81. The van der Waals surface area contributed by atoms with Crippen LogP contribution in [0.2, 0.25) is 0 Å². The largest absolute Gasteiger partial charge is 0.367 e. The van der Waals surface area contributed by atoms with Crippen LogP contribution in [0.25, 0.3) is 0 Å². The molecule has 4 nitrogen and oxygen atoms in total. The maximum absolute atomic E-state index is 12.6. The number of para-hydroxylation sites is 1. The van der Waals surface area contributed by atoms with Gasteiger partial charge in [-0.3, -0.25) is 4.79 Å². The maximum atomic E-state index is 12.6. The van der Waals surface area contributed by atoms with Crippen LogP contribution in [0.15, 0.2) is 24.3 Å². The van der Waals surface area contributed by atoms with Gasteiger partial charge in [-0.25, -0.2) is 0 Å². The van der Waals surface area contributed by atoms with E-state index in [9.17, 15) is 10.1 Å². The van der Waals surface area contributed by atoms with Gasteiger partial charge in [0.15, 0.2) is 0 Å². The third kappa shape index (κ3) is 3.09. The summed E-state index contributed by atoms with van der Waals surface area (Å²) in [6, 6.07) is 9.97. The number of hydrogen-bond donors (Lipinski definition) is 0. The Balaban J connectivity index is 1.60. The molecule has 22 heavy (non-hydrogen) atoms. The summed E-state index contributed by atoms with van der Waals surface area (Å²) in [4.78, 5) is 16.8. The molecule has 1 heterocycles. The van der Waals surface area contributed by atoms with Gasteiger partial charge in [-0.15, -0.1) is 0 Å². The number of carbonyl (C=O) groups excluding carboxylic acids is 1. The van der Waals surface area contributed by atoms with Crippen molar-refractivity contribution in [1.82, 2.24) is 4.90 Å². The van der Waals surface area contributed by atoms with Crippen LogP contribution in [0, 0.1) is 17.2 Å². The molecule has 0 radical (unpaired) electrons. The lowest BCUT2D eigenvalue weighted by molar-refractivity contribution is -0.136. The van der Waals surface area contributed by atoms with Crippen LogP contribution in [0.3, 0.4) is 0 Å². The summed E-state index contributed by atoms with van der Waals surface area (Å²) in [6.45, 7) is 3.18. The first-order valence-corrected chi connectivity index (χ1v) is 8.32. The van der Waals surface area contributed by atoms with Crippen molar-refractivity contribution in [2.24, 2.45) is 5.92 Å². The van der Waals surface area contributed by atoms with E-state index < -0.39 is 0 Å². The Morgan fingerprint density at radius 3 is 2.41 bits per heavy atom. The fraction of sp³-hybridized carbons (Fsp3) is 0.556. The van der Waals surface area contributed by atoms with Crippen molar-refractivity contribution in [3.8, 4) is 6.07 Å². The minimum absolute atomic E-state index is 0.256. The molecule has 2 aliphatic rings. The van der Waals surface area contributed by atoms with Crippen molar-refractivity contribution in [3.63, 3.8) is 0 Å². The highest BCUT2D eigenvalue weighted by Crippen LogP contribution is 2.27. The van der Waals surface area contributed by atoms with Crippen LogP contribution in [0.5, 0.6) is 0 Å². The lowest BCUT2D eigenvalue weighted by Gasteiger charge is -2.38. The van der Waals surface area contributed by atoms with Crippen LogP contribution < -0.4 is 4.90 Å². The third-order valence-electron chi connectivity index (χ3n) is 4.91. The average Bonchev–Trinajstić information content (AvgIpc) is 2.62. The van der Waals surface area contributed by atoms with E-state index in [0.29, 0.717) is 5.91 Å². The van der Waals surface area contributed by atoms with Crippen molar-refractivity contribution >= 4 is 11.6 Å². The van der Waals surface area contributed by atoms with Gasteiger partial charge in [0.05, 0.1) is 11.3 Å². The van der Waals surface area contributed by atoms with Gasteiger partial charge in [0, 0.05) is 32.1 Å². The van der Waals surface area contributed by atoms with Crippen molar-refractivity contribution in [3.05, 3.63) is 29.8 Å². The van der Waals surface area contributed by atoms with Crippen LogP contribution >= 0.6 is 0 Å². The van der Waals surface area contributed by atoms with E-state index >= 15 is 0 Å². The molecule has 0 bridgehead atoms. The zero-order valence-electron chi connectivity index (χ0n) is 13.0. The molecule has 3 rings (SSSR count). The zero-order valence-corrected chi connectivity index (χ0v) is 13.0. The number of amides is 1. The predicted molar refractivity (Wildman–Crippen MR) is 86.5 cm³/mol. The van der Waals surface area contributed by atoms with Gasteiger partial charge in [-0.05, 0) is 25.0 Å². The summed E-state index contributed by atoms with van der Waals surface area (Å²) in [5, 5.41) is 9.22. The predicted octanol–water partition coefficient (Wildman–Crippen LogP) is 2.79. The quantitative estimate of drug-likeness (QED) is 0.843. The molecule has 2 fully saturated rings. The second kappa shape index (κ2) is 6.83. The number of benzene rings is 1. The first kappa shape index (κ1) is 14.9. The highest BCUT2D eigenvalue weighted by atomic mass is 16.2. The van der Waals surface area contributed by atoms with Crippen LogP contribution in [0.1, 0.15) is 37.7 Å². The number of piperazine rings is 1. The Morgan fingerprint density at radius 2 is 1.73 bits per heavy atom. The summed E-state index contributed by atoms with van der Waals surface area (Å²) < 4.78 is 0. The molecular weight excluding hydrogens is 274 g/mol. The monoisotopic (exact) mass is 297 g/mol. The molecule has 1 aromatic carbocycles. The molecule has 0 atom stereocenters. The minimum atomic E-state index is 0.256. The minimum Gasteiger partial charge on any atom is -0.367 e. The van der Waals surface area contributed by atoms with E-state index in [1.54, 1.807) is 0 Å². The Morgan fingerprint density at radius 1 is 1.05 bits per heavy atom. The van der Waals surface area contributed by atoms with Crippen molar-refractivity contribution in [2.45, 2.75) is 32.1 Å². The van der Waals surface area contributed by atoms with Crippen LogP contribution in [-0.4, -0.2) is 37.0 Å². The maximum Gasteiger partial charge on any atom is 0.225 e. The molecule has 0 N–H and O–H groups in total. The van der Waals surface area contributed by atoms with Gasteiger partial charge >= 0.3 is 0 Å². The topological polar surface area (TPSA) is 47.3 Å². The van der Waals surface area contributed by atoms with Crippen LogP contribution in [0.4, 0.5) is 5.69 Å². The van der Waals surface area contributed by atoms with Crippen molar-refractivity contribution in [2.75, 3.05) is 31.1 Å². The van der Waals surface area contributed by atoms with E-state index in [-0.39, 0.29) is 5.92 Å².